The number of carbonyl (C=O) groups excluding carboxylic acids is 1. The van der Waals surface area contributed by atoms with E-state index in [1.807, 2.05) is 63.2 Å². The van der Waals surface area contributed by atoms with E-state index in [2.05, 4.69) is 53.7 Å². The number of Topliss-reactive ketones (excluding diaryl/α,β-unsaturated/α-hetero) is 1. The zero-order chi connectivity index (χ0) is 22.7. The highest BCUT2D eigenvalue weighted by molar-refractivity contribution is 7.99. The molecule has 0 atom stereocenters. The first-order valence-electron chi connectivity index (χ1n) is 11.1. The molecule has 0 fully saturated rings. The molecule has 2 heteroatoms. The van der Waals surface area contributed by atoms with Crippen molar-refractivity contribution in [3.05, 3.63) is 60.2 Å². The average molecular weight is 417 g/mol. The van der Waals surface area contributed by atoms with Crippen molar-refractivity contribution in [3.63, 3.8) is 0 Å². The summed E-state index contributed by atoms with van der Waals surface area (Å²) in [6.07, 6.45) is 5.14. The van der Waals surface area contributed by atoms with Gasteiger partial charge in [0.15, 0.2) is 5.78 Å². The minimum atomic E-state index is -0.325. The fraction of sp³-hybridized carbons (Fsp3) is 0.519. The van der Waals surface area contributed by atoms with Gasteiger partial charge in [-0.1, -0.05) is 130 Å². The van der Waals surface area contributed by atoms with Crippen LogP contribution in [0.25, 0.3) is 0 Å². The molecule has 2 rings (SSSR count). The van der Waals surface area contributed by atoms with E-state index >= 15 is 0 Å². The highest BCUT2D eigenvalue weighted by Crippen LogP contribution is 2.28. The normalized spacial score (nSPS) is 9.69. The molecule has 0 unspecified atom stereocenters. The second-order valence-corrected chi connectivity index (χ2v) is 9.08. The monoisotopic (exact) mass is 416 g/mol. The number of ketones is 1. The first-order chi connectivity index (χ1) is 13.7. The lowest BCUT2D eigenvalue weighted by molar-refractivity contribution is 0.0858. The van der Waals surface area contributed by atoms with E-state index in [0.717, 1.165) is 10.5 Å². The quantitative estimate of drug-likeness (QED) is 0.461. The lowest BCUT2D eigenvalue weighted by Crippen LogP contribution is -2.19. The highest BCUT2D eigenvalue weighted by atomic mass is 32.2. The van der Waals surface area contributed by atoms with E-state index in [4.69, 9.17) is 0 Å². The minimum absolute atomic E-state index is 0.184. The summed E-state index contributed by atoms with van der Waals surface area (Å²) in [6, 6.07) is 18.1. The van der Waals surface area contributed by atoms with Gasteiger partial charge in [0, 0.05) is 20.8 Å². The van der Waals surface area contributed by atoms with Crippen LogP contribution in [0.1, 0.15) is 98.4 Å². The van der Waals surface area contributed by atoms with Gasteiger partial charge in [-0.3, -0.25) is 4.79 Å². The van der Waals surface area contributed by atoms with Gasteiger partial charge in [-0.15, -0.1) is 0 Å². The van der Waals surface area contributed by atoms with Crippen LogP contribution in [-0.2, 0) is 0 Å². The van der Waals surface area contributed by atoms with Gasteiger partial charge in [0.05, 0.1) is 0 Å². The van der Waals surface area contributed by atoms with Crippen molar-refractivity contribution in [2.75, 3.05) is 0 Å². The first-order valence-corrected chi connectivity index (χ1v) is 11.9. The molecule has 0 spiro atoms. The Labute approximate surface area is 185 Å². The van der Waals surface area contributed by atoms with Crippen LogP contribution in [0.15, 0.2) is 64.4 Å². The molecular weight excluding hydrogens is 372 g/mol. The predicted octanol–water partition coefficient (Wildman–Crippen LogP) is 9.71. The van der Waals surface area contributed by atoms with Crippen molar-refractivity contribution in [1.29, 1.82) is 0 Å². The third-order valence-corrected chi connectivity index (χ3v) is 4.29. The van der Waals surface area contributed by atoms with Gasteiger partial charge in [0.1, 0.15) is 0 Å². The molecule has 29 heavy (non-hydrogen) atoms. The van der Waals surface area contributed by atoms with E-state index in [1.165, 1.54) is 30.6 Å². The maximum absolute atomic E-state index is 12.1. The summed E-state index contributed by atoms with van der Waals surface area (Å²) >= 11 is 1.70. The molecule has 1 nitrogen and oxygen atoms in total. The number of hydrogen-bond donors (Lipinski definition) is 0. The standard InChI is InChI=1S/C17H18OS.C4H10.2C3H8/c1-17(2,3)16(18)13-9-11-15(12-10-13)19-14-7-5-4-6-8-14;1-3-4-2;2*1-3-2/h4-12H,1-3H3;3-4H2,1-2H3;2*3H2,1-2H3. The average Bonchev–Trinajstić information content (AvgIpc) is 2.69. The smallest absolute Gasteiger partial charge is 0.168 e. The maximum atomic E-state index is 12.1. The summed E-state index contributed by atoms with van der Waals surface area (Å²) in [5.74, 6) is 0.184. The number of unbranched alkanes of at least 4 members (excludes halogenated alkanes) is 1. The Morgan fingerprint density at radius 3 is 1.41 bits per heavy atom. The molecule has 2 aromatic rings. The lowest BCUT2D eigenvalue weighted by Gasteiger charge is -2.16. The van der Waals surface area contributed by atoms with E-state index in [9.17, 15) is 4.79 Å². The molecule has 0 bridgehead atoms. The van der Waals surface area contributed by atoms with Crippen molar-refractivity contribution in [1.82, 2.24) is 0 Å². The molecule has 0 heterocycles. The minimum Gasteiger partial charge on any atom is -0.294 e. The van der Waals surface area contributed by atoms with Crippen molar-refractivity contribution in [2.24, 2.45) is 5.41 Å². The molecule has 0 saturated carbocycles. The second-order valence-electron chi connectivity index (χ2n) is 7.93. The largest absolute Gasteiger partial charge is 0.294 e. The van der Waals surface area contributed by atoms with E-state index in [-0.39, 0.29) is 11.2 Å². The topological polar surface area (TPSA) is 17.1 Å². The van der Waals surface area contributed by atoms with Gasteiger partial charge in [-0.05, 0) is 24.3 Å². The first kappa shape index (κ1) is 29.7. The molecular formula is C27H44OS. The molecule has 0 aliphatic rings. The van der Waals surface area contributed by atoms with Crippen molar-refractivity contribution in [3.8, 4) is 0 Å². The van der Waals surface area contributed by atoms with Crippen molar-refractivity contribution in [2.45, 2.75) is 97.8 Å². The summed E-state index contributed by atoms with van der Waals surface area (Å²) in [6.45, 7) is 18.7. The zero-order valence-electron chi connectivity index (χ0n) is 20.3. The summed E-state index contributed by atoms with van der Waals surface area (Å²) in [5.41, 5.74) is 0.457. The SMILES string of the molecule is CC(C)(C)C(=O)c1ccc(Sc2ccccc2)cc1.CCC.CCC.CCCC. The molecule has 2 aromatic carbocycles. The predicted molar refractivity (Wildman–Crippen MR) is 133 cm³/mol. The van der Waals surface area contributed by atoms with Crippen LogP contribution in [0.2, 0.25) is 0 Å². The number of benzene rings is 2. The summed E-state index contributed by atoms with van der Waals surface area (Å²) < 4.78 is 0. The molecule has 164 valence electrons. The lowest BCUT2D eigenvalue weighted by atomic mass is 9.87. The van der Waals surface area contributed by atoms with Gasteiger partial charge in [-0.2, -0.15) is 0 Å². The van der Waals surface area contributed by atoms with Crippen LogP contribution in [0, 0.1) is 5.41 Å². The van der Waals surface area contributed by atoms with Gasteiger partial charge >= 0.3 is 0 Å². The zero-order valence-corrected chi connectivity index (χ0v) is 21.2. The van der Waals surface area contributed by atoms with Crippen molar-refractivity contribution >= 4 is 17.5 Å². The summed E-state index contributed by atoms with van der Waals surface area (Å²) in [4.78, 5) is 14.5. The van der Waals surface area contributed by atoms with Crippen LogP contribution >= 0.6 is 11.8 Å². The fourth-order valence-electron chi connectivity index (χ4n) is 1.73. The van der Waals surface area contributed by atoms with Gasteiger partial charge < -0.3 is 0 Å². The summed E-state index contributed by atoms with van der Waals surface area (Å²) in [7, 11) is 0. The number of hydrogen-bond acceptors (Lipinski definition) is 2. The van der Waals surface area contributed by atoms with Crippen LogP contribution in [0.4, 0.5) is 0 Å². The Kier molecular flexibility index (Phi) is 18.9. The third kappa shape index (κ3) is 16.0. The van der Waals surface area contributed by atoms with Crippen molar-refractivity contribution < 1.29 is 4.79 Å². The van der Waals surface area contributed by atoms with Crippen LogP contribution < -0.4 is 0 Å². The Bertz CT molecular complexity index is 605. The number of rotatable bonds is 4. The van der Waals surface area contributed by atoms with Gasteiger partial charge in [-0.25, -0.2) is 0 Å². The Balaban J connectivity index is 0. The molecule has 0 aliphatic carbocycles. The Morgan fingerprint density at radius 2 is 1.07 bits per heavy atom. The highest BCUT2D eigenvalue weighted by Gasteiger charge is 2.22. The molecule has 0 amide bonds. The fourth-order valence-corrected chi connectivity index (χ4v) is 2.57. The third-order valence-electron chi connectivity index (χ3n) is 3.28. The molecule has 0 saturated heterocycles. The van der Waals surface area contributed by atoms with Crippen LogP contribution in [0.5, 0.6) is 0 Å². The molecule has 0 aliphatic heterocycles. The van der Waals surface area contributed by atoms with Gasteiger partial charge in [0.25, 0.3) is 0 Å². The van der Waals surface area contributed by atoms with E-state index in [0.29, 0.717) is 0 Å². The second kappa shape index (κ2) is 18.5. The Hall–Kier alpha value is -1.54. The maximum Gasteiger partial charge on any atom is 0.168 e. The summed E-state index contributed by atoms with van der Waals surface area (Å²) in [5, 5.41) is 0. The Morgan fingerprint density at radius 1 is 0.690 bits per heavy atom. The van der Waals surface area contributed by atoms with Crippen LogP contribution in [0.3, 0.4) is 0 Å². The van der Waals surface area contributed by atoms with E-state index in [1.54, 1.807) is 11.8 Å². The molecule has 0 radical (unpaired) electrons. The van der Waals surface area contributed by atoms with Crippen LogP contribution in [-0.4, -0.2) is 5.78 Å². The molecule has 0 N–H and O–H groups in total. The van der Waals surface area contributed by atoms with E-state index < -0.39 is 0 Å². The van der Waals surface area contributed by atoms with Gasteiger partial charge in [0.2, 0.25) is 0 Å². The number of carbonyl (C=O) groups is 1. The molecule has 0 aromatic heterocycles.